The van der Waals surface area contributed by atoms with Gasteiger partial charge in [-0.25, -0.2) is 9.78 Å². The number of H-pyrrole nitrogens is 1. The summed E-state index contributed by atoms with van der Waals surface area (Å²) in [6.45, 7) is 0.154. The van der Waals surface area contributed by atoms with Crippen LogP contribution in [0.3, 0.4) is 0 Å². The highest BCUT2D eigenvalue weighted by Crippen LogP contribution is 2.21. The second-order valence-electron chi connectivity index (χ2n) is 7.40. The third-order valence-electron chi connectivity index (χ3n) is 5.30. The number of fused-ring (bicyclic) bond motifs is 2. The Morgan fingerprint density at radius 3 is 2.56 bits per heavy atom. The molecule has 1 amide bonds. The second-order valence-corrected chi connectivity index (χ2v) is 7.40. The van der Waals surface area contributed by atoms with Crippen molar-refractivity contribution < 1.29 is 4.79 Å². The number of anilines is 1. The minimum Gasteiger partial charge on any atom is -0.326 e. The van der Waals surface area contributed by atoms with Crippen molar-refractivity contribution in [2.45, 2.75) is 13.0 Å². The Morgan fingerprint density at radius 1 is 0.969 bits per heavy atom. The molecular formula is C24H19N5O3. The van der Waals surface area contributed by atoms with Gasteiger partial charge < -0.3 is 9.72 Å². The number of aryl methyl sites for hydroxylation is 1. The van der Waals surface area contributed by atoms with Gasteiger partial charge in [0.25, 0.3) is 5.56 Å². The molecule has 0 unspecified atom stereocenters. The van der Waals surface area contributed by atoms with Crippen molar-refractivity contribution in [3.8, 4) is 11.3 Å². The van der Waals surface area contributed by atoms with Crippen LogP contribution in [0, 0.1) is 0 Å². The van der Waals surface area contributed by atoms with Crippen molar-refractivity contribution in [2.75, 3.05) is 5.32 Å². The average molecular weight is 425 g/mol. The van der Waals surface area contributed by atoms with Crippen LogP contribution in [0.4, 0.5) is 5.69 Å². The first-order chi connectivity index (χ1) is 15.6. The molecule has 5 aromatic rings. The van der Waals surface area contributed by atoms with E-state index in [9.17, 15) is 14.4 Å². The minimum atomic E-state index is -0.529. The molecule has 0 aliphatic heterocycles. The van der Waals surface area contributed by atoms with Gasteiger partial charge in [0.15, 0.2) is 0 Å². The molecule has 8 nitrogen and oxygen atoms in total. The van der Waals surface area contributed by atoms with Gasteiger partial charge in [0, 0.05) is 36.6 Å². The molecule has 0 saturated carbocycles. The summed E-state index contributed by atoms with van der Waals surface area (Å²) in [7, 11) is 0. The highest BCUT2D eigenvalue weighted by molar-refractivity contribution is 5.91. The molecule has 3 aromatic heterocycles. The zero-order valence-corrected chi connectivity index (χ0v) is 17.0. The Morgan fingerprint density at radius 2 is 1.75 bits per heavy atom. The maximum Gasteiger partial charge on any atom is 0.328 e. The average Bonchev–Trinajstić information content (AvgIpc) is 3.24. The number of pyridine rings is 1. The van der Waals surface area contributed by atoms with Crippen molar-refractivity contribution in [1.82, 2.24) is 18.9 Å². The third-order valence-corrected chi connectivity index (χ3v) is 5.30. The van der Waals surface area contributed by atoms with Gasteiger partial charge in [0.05, 0.1) is 16.6 Å². The highest BCUT2D eigenvalue weighted by atomic mass is 16.2. The van der Waals surface area contributed by atoms with E-state index in [1.54, 1.807) is 24.3 Å². The molecule has 0 bridgehead atoms. The molecule has 2 aromatic carbocycles. The standard InChI is InChI=1S/C24H19N5O3/c30-22(12-14-29-20-6-2-1-5-18(20)23(31)27-24(29)32)25-17-10-8-16(9-11-17)19-15-28-13-4-3-7-21(28)26-19/h1-11,13,15H,12,14H2,(H,25,30)(H,27,31,32). The number of aromatic nitrogens is 4. The molecule has 32 heavy (non-hydrogen) atoms. The summed E-state index contributed by atoms with van der Waals surface area (Å²) < 4.78 is 3.36. The maximum absolute atomic E-state index is 12.5. The largest absolute Gasteiger partial charge is 0.328 e. The lowest BCUT2D eigenvalue weighted by Crippen LogP contribution is -2.31. The van der Waals surface area contributed by atoms with E-state index in [0.717, 1.165) is 16.9 Å². The molecule has 0 radical (unpaired) electrons. The van der Waals surface area contributed by atoms with E-state index in [4.69, 9.17) is 0 Å². The van der Waals surface area contributed by atoms with Crippen molar-refractivity contribution in [3.63, 3.8) is 0 Å². The molecule has 3 heterocycles. The number of amides is 1. The number of rotatable bonds is 5. The van der Waals surface area contributed by atoms with E-state index in [-0.39, 0.29) is 18.9 Å². The molecule has 8 heteroatoms. The van der Waals surface area contributed by atoms with Gasteiger partial charge in [-0.15, -0.1) is 0 Å². The number of hydrogen-bond acceptors (Lipinski definition) is 4. The smallest absolute Gasteiger partial charge is 0.326 e. The van der Waals surface area contributed by atoms with Crippen LogP contribution in [0.15, 0.2) is 88.7 Å². The van der Waals surface area contributed by atoms with Crippen molar-refractivity contribution >= 4 is 28.1 Å². The lowest BCUT2D eigenvalue weighted by atomic mass is 10.1. The van der Waals surface area contributed by atoms with Gasteiger partial charge in [0.1, 0.15) is 5.65 Å². The van der Waals surface area contributed by atoms with E-state index in [1.165, 1.54) is 4.57 Å². The van der Waals surface area contributed by atoms with Gasteiger partial charge in [-0.05, 0) is 36.4 Å². The third kappa shape index (κ3) is 3.69. The first-order valence-corrected chi connectivity index (χ1v) is 10.1. The van der Waals surface area contributed by atoms with Gasteiger partial charge in [-0.1, -0.05) is 30.3 Å². The molecule has 0 spiro atoms. The van der Waals surface area contributed by atoms with E-state index >= 15 is 0 Å². The topological polar surface area (TPSA) is 101 Å². The summed E-state index contributed by atoms with van der Waals surface area (Å²) in [6.07, 6.45) is 3.98. The fraction of sp³-hybridized carbons (Fsp3) is 0.0833. The summed E-state index contributed by atoms with van der Waals surface area (Å²) in [5, 5.41) is 3.26. The van der Waals surface area contributed by atoms with E-state index < -0.39 is 11.2 Å². The number of hydrogen-bond donors (Lipinski definition) is 2. The number of nitrogens with one attached hydrogen (secondary N) is 2. The lowest BCUT2D eigenvalue weighted by molar-refractivity contribution is -0.116. The molecular weight excluding hydrogens is 406 g/mol. The fourth-order valence-corrected chi connectivity index (χ4v) is 3.70. The van der Waals surface area contributed by atoms with E-state index in [1.807, 2.05) is 59.3 Å². The summed E-state index contributed by atoms with van der Waals surface area (Å²) in [5.74, 6) is -0.229. The molecule has 0 aliphatic rings. The SMILES string of the molecule is O=C(CCn1c(=O)[nH]c(=O)c2ccccc21)Nc1ccc(-c2cn3ccccc3n2)cc1. The number of para-hydroxylation sites is 1. The first-order valence-electron chi connectivity index (χ1n) is 10.1. The van der Waals surface area contributed by atoms with Crippen LogP contribution in [0.2, 0.25) is 0 Å². The predicted molar refractivity (Wildman–Crippen MR) is 123 cm³/mol. The normalized spacial score (nSPS) is 11.1. The van der Waals surface area contributed by atoms with Crippen molar-refractivity contribution in [3.05, 3.63) is 100.0 Å². The van der Waals surface area contributed by atoms with Crippen LogP contribution in [-0.4, -0.2) is 24.8 Å². The zero-order valence-electron chi connectivity index (χ0n) is 17.0. The number of imidazole rings is 1. The van der Waals surface area contributed by atoms with Gasteiger partial charge >= 0.3 is 5.69 Å². The van der Waals surface area contributed by atoms with Crippen LogP contribution in [0.5, 0.6) is 0 Å². The number of aromatic amines is 1. The number of carbonyl (C=O) groups is 1. The Hall–Kier alpha value is -4.46. The quantitative estimate of drug-likeness (QED) is 0.452. The number of carbonyl (C=O) groups excluding carboxylic acids is 1. The van der Waals surface area contributed by atoms with Gasteiger partial charge in [0.2, 0.25) is 5.91 Å². The Balaban J connectivity index is 1.28. The van der Waals surface area contributed by atoms with Crippen molar-refractivity contribution in [2.24, 2.45) is 0 Å². The summed E-state index contributed by atoms with van der Waals surface area (Å²) in [6, 6.07) is 20.1. The van der Waals surface area contributed by atoms with Gasteiger partial charge in [-0.3, -0.25) is 19.1 Å². The summed E-state index contributed by atoms with van der Waals surface area (Å²) in [4.78, 5) is 43.5. The minimum absolute atomic E-state index is 0.0874. The number of benzene rings is 2. The van der Waals surface area contributed by atoms with Crippen LogP contribution in [0.25, 0.3) is 27.8 Å². The Kier molecular flexibility index (Phi) is 4.87. The molecule has 5 rings (SSSR count). The summed E-state index contributed by atoms with van der Waals surface area (Å²) >= 11 is 0. The van der Waals surface area contributed by atoms with Crippen LogP contribution < -0.4 is 16.6 Å². The van der Waals surface area contributed by atoms with Gasteiger partial charge in [-0.2, -0.15) is 0 Å². The first kappa shape index (κ1) is 19.5. The molecule has 0 atom stereocenters. The Labute approximate surface area is 181 Å². The van der Waals surface area contributed by atoms with Crippen LogP contribution in [-0.2, 0) is 11.3 Å². The van der Waals surface area contributed by atoms with Crippen LogP contribution >= 0.6 is 0 Å². The second kappa shape index (κ2) is 7.99. The van der Waals surface area contributed by atoms with Crippen molar-refractivity contribution in [1.29, 1.82) is 0 Å². The molecule has 2 N–H and O–H groups in total. The molecule has 158 valence electrons. The maximum atomic E-state index is 12.5. The lowest BCUT2D eigenvalue weighted by Gasteiger charge is -2.10. The van der Waals surface area contributed by atoms with E-state index in [0.29, 0.717) is 16.6 Å². The van der Waals surface area contributed by atoms with E-state index in [2.05, 4.69) is 15.3 Å². The highest BCUT2D eigenvalue weighted by Gasteiger charge is 2.10. The summed E-state index contributed by atoms with van der Waals surface area (Å²) in [5.41, 5.74) is 2.85. The fourth-order valence-electron chi connectivity index (χ4n) is 3.70. The molecule has 0 saturated heterocycles. The number of nitrogens with zero attached hydrogens (tertiary/aromatic N) is 3. The van der Waals surface area contributed by atoms with Crippen LogP contribution in [0.1, 0.15) is 6.42 Å². The zero-order chi connectivity index (χ0) is 22.1. The molecule has 0 aliphatic carbocycles. The monoisotopic (exact) mass is 425 g/mol. The predicted octanol–water partition coefficient (Wildman–Crippen LogP) is 3.03. The molecule has 0 fully saturated rings. The Bertz CT molecular complexity index is 1530.